The summed E-state index contributed by atoms with van der Waals surface area (Å²) in [5.74, 6) is -2.07. The van der Waals surface area contributed by atoms with E-state index in [1.54, 1.807) is 17.5 Å². The van der Waals surface area contributed by atoms with E-state index in [0.29, 0.717) is 16.2 Å². The molecule has 1 aromatic carbocycles. The number of carbonyl (C=O) groups excluding carboxylic acids is 3. The van der Waals surface area contributed by atoms with Gasteiger partial charge in [0.25, 0.3) is 17.5 Å². The molecule has 2 amide bonds. The van der Waals surface area contributed by atoms with Crippen molar-refractivity contribution in [2.75, 3.05) is 6.61 Å². The van der Waals surface area contributed by atoms with Gasteiger partial charge in [-0.2, -0.15) is 0 Å². The summed E-state index contributed by atoms with van der Waals surface area (Å²) in [4.78, 5) is 45.9. The monoisotopic (exact) mass is 400 g/mol. The van der Waals surface area contributed by atoms with Crippen molar-refractivity contribution < 1.29 is 28.5 Å². The van der Waals surface area contributed by atoms with Crippen LogP contribution < -0.4 is 5.32 Å². The molecule has 28 heavy (non-hydrogen) atoms. The Kier molecular flexibility index (Phi) is 5.61. The number of hydrogen-bond acceptors (Lipinski definition) is 8. The first kappa shape index (κ1) is 19.0. The number of ether oxygens (including phenoxy) is 1. The fraction of sp³-hybridized carbons (Fsp3) is 0.0556. The molecular weight excluding hydrogens is 388 g/mol. The number of non-ortho nitro benzene ring substituents is 1. The third-order valence-corrected chi connectivity index (χ3v) is 4.37. The maximum atomic E-state index is 12.0. The van der Waals surface area contributed by atoms with Crippen molar-refractivity contribution in [3.63, 3.8) is 0 Å². The molecule has 0 saturated heterocycles. The third kappa shape index (κ3) is 4.48. The molecule has 0 saturated carbocycles. The van der Waals surface area contributed by atoms with Crippen molar-refractivity contribution in [3.8, 4) is 11.3 Å². The van der Waals surface area contributed by atoms with Crippen LogP contribution in [0, 0.1) is 10.1 Å². The molecule has 9 nitrogen and oxygen atoms in total. The van der Waals surface area contributed by atoms with Gasteiger partial charge in [0.2, 0.25) is 5.76 Å². The lowest BCUT2D eigenvalue weighted by atomic mass is 10.1. The van der Waals surface area contributed by atoms with Crippen molar-refractivity contribution in [1.29, 1.82) is 0 Å². The number of nitrogens with zero attached hydrogens (tertiary/aromatic N) is 1. The van der Waals surface area contributed by atoms with Crippen LogP contribution in [0.2, 0.25) is 0 Å². The van der Waals surface area contributed by atoms with Gasteiger partial charge in [-0.15, -0.1) is 11.3 Å². The summed E-state index contributed by atoms with van der Waals surface area (Å²) in [6, 6.07) is 11.7. The highest BCUT2D eigenvalue weighted by Gasteiger charge is 2.17. The number of amides is 2. The minimum absolute atomic E-state index is 0.0713. The Bertz CT molecular complexity index is 1020. The van der Waals surface area contributed by atoms with Crippen LogP contribution in [0.5, 0.6) is 0 Å². The van der Waals surface area contributed by atoms with Crippen LogP contribution in [0.1, 0.15) is 20.2 Å². The molecule has 3 rings (SSSR count). The lowest BCUT2D eigenvalue weighted by molar-refractivity contribution is -0.384. The third-order valence-electron chi connectivity index (χ3n) is 3.50. The van der Waals surface area contributed by atoms with Crippen LogP contribution in [0.15, 0.2) is 58.3 Å². The maximum Gasteiger partial charge on any atom is 0.374 e. The predicted molar refractivity (Wildman–Crippen MR) is 97.9 cm³/mol. The van der Waals surface area contributed by atoms with Gasteiger partial charge in [-0.05, 0) is 35.7 Å². The Morgan fingerprint density at radius 1 is 1.11 bits per heavy atom. The Morgan fingerprint density at radius 2 is 1.86 bits per heavy atom. The van der Waals surface area contributed by atoms with Gasteiger partial charge in [-0.25, -0.2) is 4.79 Å². The molecule has 2 heterocycles. The highest BCUT2D eigenvalue weighted by Crippen LogP contribution is 2.24. The van der Waals surface area contributed by atoms with Gasteiger partial charge in [0.05, 0.1) is 9.80 Å². The fourth-order valence-corrected chi connectivity index (χ4v) is 2.80. The lowest BCUT2D eigenvalue weighted by Crippen LogP contribution is -2.33. The van der Waals surface area contributed by atoms with E-state index in [9.17, 15) is 24.5 Å². The summed E-state index contributed by atoms with van der Waals surface area (Å²) in [5, 5.41) is 14.5. The second kappa shape index (κ2) is 8.27. The van der Waals surface area contributed by atoms with E-state index in [0.717, 1.165) is 0 Å². The Morgan fingerprint density at radius 3 is 2.50 bits per heavy atom. The van der Waals surface area contributed by atoms with Crippen molar-refractivity contribution in [3.05, 3.63) is 74.7 Å². The number of thiophene rings is 1. The summed E-state index contributed by atoms with van der Waals surface area (Å²) in [6.45, 7) is -0.649. The fourth-order valence-electron chi connectivity index (χ4n) is 2.18. The number of esters is 1. The van der Waals surface area contributed by atoms with Crippen LogP contribution in [0.3, 0.4) is 0 Å². The molecule has 0 aliphatic rings. The van der Waals surface area contributed by atoms with Gasteiger partial charge in [-0.1, -0.05) is 6.07 Å². The van der Waals surface area contributed by atoms with Crippen molar-refractivity contribution in [2.45, 2.75) is 0 Å². The zero-order chi connectivity index (χ0) is 20.1. The normalized spacial score (nSPS) is 10.3. The van der Waals surface area contributed by atoms with E-state index in [1.807, 2.05) is 0 Å². The number of nitro benzene ring substituents is 1. The number of carbonyl (C=O) groups is 3. The molecule has 1 N–H and O–H groups in total. The maximum absolute atomic E-state index is 12.0. The van der Waals surface area contributed by atoms with Gasteiger partial charge in [0.1, 0.15) is 5.76 Å². The minimum Gasteiger partial charge on any atom is -0.450 e. The number of nitrogens with one attached hydrogen (secondary N) is 1. The molecule has 0 fully saturated rings. The lowest BCUT2D eigenvalue weighted by Gasteiger charge is -2.03. The van der Waals surface area contributed by atoms with Crippen LogP contribution in [-0.2, 0) is 9.53 Å². The molecule has 0 radical (unpaired) electrons. The number of hydrogen-bond donors (Lipinski definition) is 1. The molecular formula is C18H12N2O7S. The minimum atomic E-state index is -0.883. The van der Waals surface area contributed by atoms with Crippen LogP contribution in [0.25, 0.3) is 11.3 Å². The van der Waals surface area contributed by atoms with Gasteiger partial charge in [0.15, 0.2) is 6.61 Å². The number of furan rings is 1. The first-order valence-corrected chi connectivity index (χ1v) is 8.71. The van der Waals surface area contributed by atoms with E-state index >= 15 is 0 Å². The molecule has 0 aliphatic carbocycles. The highest BCUT2D eigenvalue weighted by atomic mass is 32.1. The number of nitro groups is 1. The quantitative estimate of drug-likeness (QED) is 0.382. The molecule has 2 aromatic heterocycles. The van der Waals surface area contributed by atoms with E-state index in [4.69, 9.17) is 9.15 Å². The topological polar surface area (TPSA) is 129 Å². The summed E-state index contributed by atoms with van der Waals surface area (Å²) in [6.07, 6.45) is 0. The number of benzene rings is 1. The van der Waals surface area contributed by atoms with Gasteiger partial charge < -0.3 is 9.15 Å². The predicted octanol–water partition coefficient (Wildman–Crippen LogP) is 3.03. The molecule has 10 heteroatoms. The van der Waals surface area contributed by atoms with Crippen molar-refractivity contribution >= 4 is 34.8 Å². The largest absolute Gasteiger partial charge is 0.450 e. The van der Waals surface area contributed by atoms with Gasteiger partial charge in [0, 0.05) is 17.7 Å². The van der Waals surface area contributed by atoms with Gasteiger partial charge in [-0.3, -0.25) is 25.0 Å². The van der Waals surface area contributed by atoms with Crippen LogP contribution in [-0.4, -0.2) is 29.3 Å². The molecule has 0 bridgehead atoms. The van der Waals surface area contributed by atoms with Crippen molar-refractivity contribution in [2.24, 2.45) is 0 Å². The zero-order valence-corrected chi connectivity index (χ0v) is 14.9. The second-order valence-corrected chi connectivity index (χ2v) is 6.35. The summed E-state index contributed by atoms with van der Waals surface area (Å²) in [5.41, 5.74) is 0.460. The molecule has 142 valence electrons. The first-order valence-electron chi connectivity index (χ1n) is 7.83. The first-order chi connectivity index (χ1) is 13.4. The smallest absolute Gasteiger partial charge is 0.374 e. The van der Waals surface area contributed by atoms with E-state index in [1.165, 1.54) is 47.7 Å². The van der Waals surface area contributed by atoms with Crippen LogP contribution >= 0.6 is 11.3 Å². The Labute approximate surface area is 161 Å². The molecule has 0 unspecified atom stereocenters. The molecule has 3 aromatic rings. The average Bonchev–Trinajstić information content (AvgIpc) is 3.38. The Hall–Kier alpha value is -3.79. The average molecular weight is 400 g/mol. The van der Waals surface area contributed by atoms with E-state index in [-0.39, 0.29) is 11.4 Å². The second-order valence-electron chi connectivity index (χ2n) is 5.40. The number of rotatable bonds is 6. The molecule has 0 atom stereocenters. The Balaban J connectivity index is 1.56. The zero-order valence-electron chi connectivity index (χ0n) is 14.1. The van der Waals surface area contributed by atoms with E-state index in [2.05, 4.69) is 5.32 Å². The van der Waals surface area contributed by atoms with Crippen LogP contribution in [0.4, 0.5) is 5.69 Å². The SMILES string of the molecule is O=C(COC(=O)c1ccc(-c2ccc([N+](=O)[O-])cc2)o1)NC(=O)c1cccs1. The summed E-state index contributed by atoms with van der Waals surface area (Å²) < 4.78 is 10.2. The highest BCUT2D eigenvalue weighted by molar-refractivity contribution is 7.12. The van der Waals surface area contributed by atoms with Gasteiger partial charge >= 0.3 is 5.97 Å². The van der Waals surface area contributed by atoms with E-state index < -0.39 is 29.3 Å². The number of imide groups is 1. The standard InChI is InChI=1S/C18H12N2O7S/c21-16(19-17(22)15-2-1-9-28-15)10-26-18(23)14-8-7-13(27-14)11-3-5-12(6-4-11)20(24)25/h1-9H,10H2,(H,19,21,22). The summed E-state index contributed by atoms with van der Waals surface area (Å²) >= 11 is 1.17. The molecule has 0 spiro atoms. The molecule has 0 aliphatic heterocycles. The van der Waals surface area contributed by atoms with Crippen molar-refractivity contribution in [1.82, 2.24) is 5.32 Å². The summed E-state index contributed by atoms with van der Waals surface area (Å²) in [7, 11) is 0.